The summed E-state index contributed by atoms with van der Waals surface area (Å²) >= 11 is 6.02. The molecule has 0 fully saturated rings. The van der Waals surface area contributed by atoms with Gasteiger partial charge in [-0.2, -0.15) is 0 Å². The number of nitro groups is 1. The number of nitrogens with zero attached hydrogens (tertiary/aromatic N) is 1. The highest BCUT2D eigenvalue weighted by molar-refractivity contribution is 6.34. The molecule has 0 spiro atoms. The molecule has 0 saturated carbocycles. The Bertz CT molecular complexity index is 790. The summed E-state index contributed by atoms with van der Waals surface area (Å²) < 4.78 is 0. The predicted molar refractivity (Wildman–Crippen MR) is 94.5 cm³/mol. The topological polar surface area (TPSA) is 72.2 Å². The van der Waals surface area contributed by atoms with Gasteiger partial charge in [-0.15, -0.1) is 0 Å². The predicted octanol–water partition coefficient (Wildman–Crippen LogP) is 4.75. The van der Waals surface area contributed by atoms with E-state index >= 15 is 0 Å². The Morgan fingerprint density at radius 2 is 1.92 bits per heavy atom. The van der Waals surface area contributed by atoms with E-state index in [2.05, 4.69) is 11.4 Å². The molecule has 0 aliphatic carbocycles. The molecule has 0 saturated heterocycles. The van der Waals surface area contributed by atoms with E-state index in [0.29, 0.717) is 0 Å². The van der Waals surface area contributed by atoms with Crippen LogP contribution in [0, 0.1) is 24.0 Å². The molecule has 24 heavy (non-hydrogen) atoms. The SMILES string of the molecule is CC[C@H](NC(=O)c1ccc([N+](=O)[O-])cc1Cl)c1ccc(C)c(C)c1. The van der Waals surface area contributed by atoms with Crippen molar-refractivity contribution in [3.63, 3.8) is 0 Å². The maximum Gasteiger partial charge on any atom is 0.270 e. The average molecular weight is 347 g/mol. The molecular weight excluding hydrogens is 328 g/mol. The van der Waals surface area contributed by atoms with Gasteiger partial charge in [-0.1, -0.05) is 36.7 Å². The number of non-ortho nitro benzene ring substituents is 1. The van der Waals surface area contributed by atoms with Crippen molar-refractivity contribution < 1.29 is 9.72 Å². The van der Waals surface area contributed by atoms with Crippen LogP contribution in [0.3, 0.4) is 0 Å². The van der Waals surface area contributed by atoms with E-state index in [1.807, 2.05) is 32.9 Å². The van der Waals surface area contributed by atoms with Gasteiger partial charge >= 0.3 is 0 Å². The number of nitro benzene ring substituents is 1. The molecule has 0 aromatic heterocycles. The zero-order valence-electron chi connectivity index (χ0n) is 13.8. The van der Waals surface area contributed by atoms with Gasteiger partial charge in [0.15, 0.2) is 0 Å². The summed E-state index contributed by atoms with van der Waals surface area (Å²) in [6.07, 6.45) is 0.721. The summed E-state index contributed by atoms with van der Waals surface area (Å²) in [5, 5.41) is 13.8. The van der Waals surface area contributed by atoms with Gasteiger partial charge in [-0.05, 0) is 43.0 Å². The van der Waals surface area contributed by atoms with Gasteiger partial charge in [-0.25, -0.2) is 0 Å². The Kier molecular flexibility index (Phi) is 5.57. The zero-order chi connectivity index (χ0) is 17.9. The van der Waals surface area contributed by atoms with Crippen molar-refractivity contribution in [1.29, 1.82) is 0 Å². The van der Waals surface area contributed by atoms with Crippen LogP contribution in [0.25, 0.3) is 0 Å². The van der Waals surface area contributed by atoms with E-state index in [1.165, 1.54) is 23.8 Å². The largest absolute Gasteiger partial charge is 0.345 e. The monoisotopic (exact) mass is 346 g/mol. The fraction of sp³-hybridized carbons (Fsp3) is 0.278. The van der Waals surface area contributed by atoms with E-state index in [4.69, 9.17) is 11.6 Å². The number of hydrogen-bond donors (Lipinski definition) is 1. The lowest BCUT2D eigenvalue weighted by atomic mass is 9.99. The summed E-state index contributed by atoms with van der Waals surface area (Å²) in [5.74, 6) is -0.347. The zero-order valence-corrected chi connectivity index (χ0v) is 14.6. The number of nitrogens with one attached hydrogen (secondary N) is 1. The van der Waals surface area contributed by atoms with Gasteiger partial charge in [0.1, 0.15) is 0 Å². The van der Waals surface area contributed by atoms with Crippen LogP contribution in [-0.4, -0.2) is 10.8 Å². The Balaban J connectivity index is 2.23. The number of rotatable bonds is 5. The van der Waals surface area contributed by atoms with E-state index in [0.717, 1.165) is 17.5 Å². The molecule has 2 aromatic rings. The van der Waals surface area contributed by atoms with E-state index in [9.17, 15) is 14.9 Å². The Morgan fingerprint density at radius 3 is 2.46 bits per heavy atom. The lowest BCUT2D eigenvalue weighted by Crippen LogP contribution is -2.28. The fourth-order valence-electron chi connectivity index (χ4n) is 2.44. The second kappa shape index (κ2) is 7.45. The third-order valence-electron chi connectivity index (χ3n) is 4.06. The molecule has 1 atom stereocenters. The van der Waals surface area contributed by atoms with Crippen LogP contribution in [0.2, 0.25) is 5.02 Å². The minimum atomic E-state index is -0.544. The van der Waals surface area contributed by atoms with Gasteiger partial charge in [0.2, 0.25) is 0 Å². The van der Waals surface area contributed by atoms with Gasteiger partial charge < -0.3 is 5.32 Å². The normalized spacial score (nSPS) is 11.8. The summed E-state index contributed by atoms with van der Waals surface area (Å²) in [4.78, 5) is 22.7. The number of hydrogen-bond acceptors (Lipinski definition) is 3. The number of carbonyl (C=O) groups excluding carboxylic acids is 1. The van der Waals surface area contributed by atoms with Crippen molar-refractivity contribution in [2.75, 3.05) is 0 Å². The highest BCUT2D eigenvalue weighted by Crippen LogP contribution is 2.25. The van der Waals surface area contributed by atoms with Crippen LogP contribution in [0.1, 0.15) is 46.4 Å². The van der Waals surface area contributed by atoms with Crippen LogP contribution >= 0.6 is 11.6 Å². The van der Waals surface area contributed by atoms with Crippen molar-refractivity contribution in [1.82, 2.24) is 5.32 Å². The molecular formula is C18H19ClN2O3. The smallest absolute Gasteiger partial charge is 0.270 e. The first-order chi connectivity index (χ1) is 11.3. The van der Waals surface area contributed by atoms with Gasteiger partial charge in [0.25, 0.3) is 11.6 Å². The van der Waals surface area contributed by atoms with Gasteiger partial charge in [0.05, 0.1) is 21.6 Å². The van der Waals surface area contributed by atoms with Crippen molar-refractivity contribution in [2.45, 2.75) is 33.2 Å². The Morgan fingerprint density at radius 1 is 1.21 bits per heavy atom. The van der Waals surface area contributed by atoms with E-state index in [-0.39, 0.29) is 28.2 Å². The molecule has 1 amide bonds. The number of halogens is 1. The molecule has 126 valence electrons. The Hall–Kier alpha value is -2.40. The average Bonchev–Trinajstić information content (AvgIpc) is 2.54. The summed E-state index contributed by atoms with van der Waals surface area (Å²) in [6, 6.07) is 9.77. The third kappa shape index (κ3) is 3.92. The molecule has 0 aliphatic heterocycles. The molecule has 0 radical (unpaired) electrons. The van der Waals surface area contributed by atoms with Crippen LogP contribution in [0.15, 0.2) is 36.4 Å². The van der Waals surface area contributed by atoms with Crippen molar-refractivity contribution in [2.24, 2.45) is 0 Å². The van der Waals surface area contributed by atoms with Gasteiger partial charge in [-0.3, -0.25) is 14.9 Å². The van der Waals surface area contributed by atoms with Crippen LogP contribution in [0.5, 0.6) is 0 Å². The molecule has 0 heterocycles. The molecule has 0 unspecified atom stereocenters. The minimum Gasteiger partial charge on any atom is -0.345 e. The first-order valence-corrected chi connectivity index (χ1v) is 8.03. The van der Waals surface area contributed by atoms with Crippen molar-refractivity contribution in [3.05, 3.63) is 73.8 Å². The van der Waals surface area contributed by atoms with Gasteiger partial charge in [0, 0.05) is 12.1 Å². The first kappa shape index (κ1) is 17.9. The summed E-state index contributed by atoms with van der Waals surface area (Å²) in [6.45, 7) is 6.05. The Labute approximate surface area is 145 Å². The second-order valence-corrected chi connectivity index (χ2v) is 6.11. The highest BCUT2D eigenvalue weighted by atomic mass is 35.5. The number of benzene rings is 2. The van der Waals surface area contributed by atoms with Crippen LogP contribution in [-0.2, 0) is 0 Å². The highest BCUT2D eigenvalue weighted by Gasteiger charge is 2.18. The first-order valence-electron chi connectivity index (χ1n) is 7.65. The van der Waals surface area contributed by atoms with E-state index < -0.39 is 4.92 Å². The minimum absolute atomic E-state index is 0.0663. The third-order valence-corrected chi connectivity index (χ3v) is 4.37. The quantitative estimate of drug-likeness (QED) is 0.627. The maximum atomic E-state index is 12.5. The lowest BCUT2D eigenvalue weighted by Gasteiger charge is -2.19. The summed E-state index contributed by atoms with van der Waals surface area (Å²) in [7, 11) is 0. The standard InChI is InChI=1S/C18H19ClN2O3/c1-4-17(13-6-5-11(2)12(3)9-13)20-18(22)15-8-7-14(21(23)24)10-16(15)19/h5-10,17H,4H2,1-3H3,(H,20,22)/t17-/m0/s1. The van der Waals surface area contributed by atoms with Crippen LogP contribution in [0.4, 0.5) is 5.69 Å². The number of amides is 1. The number of aryl methyl sites for hydroxylation is 2. The second-order valence-electron chi connectivity index (χ2n) is 5.70. The molecule has 0 bridgehead atoms. The maximum absolute atomic E-state index is 12.5. The summed E-state index contributed by atoms with van der Waals surface area (Å²) in [5.41, 5.74) is 3.46. The molecule has 1 N–H and O–H groups in total. The number of carbonyl (C=O) groups is 1. The lowest BCUT2D eigenvalue weighted by molar-refractivity contribution is -0.384. The molecule has 0 aliphatic rings. The molecule has 2 rings (SSSR count). The van der Waals surface area contributed by atoms with Crippen molar-refractivity contribution >= 4 is 23.2 Å². The van der Waals surface area contributed by atoms with E-state index in [1.54, 1.807) is 0 Å². The molecule has 6 heteroatoms. The van der Waals surface area contributed by atoms with Crippen molar-refractivity contribution in [3.8, 4) is 0 Å². The molecule has 2 aromatic carbocycles. The fourth-order valence-corrected chi connectivity index (χ4v) is 2.70. The molecule has 5 nitrogen and oxygen atoms in total. The van der Waals surface area contributed by atoms with Crippen LogP contribution < -0.4 is 5.32 Å².